The maximum absolute atomic E-state index is 12.8. The van der Waals surface area contributed by atoms with Crippen molar-refractivity contribution >= 4 is 23.5 Å². The van der Waals surface area contributed by atoms with Crippen LogP contribution in [0.5, 0.6) is 0 Å². The highest BCUT2D eigenvalue weighted by Gasteiger charge is 2.44. The summed E-state index contributed by atoms with van der Waals surface area (Å²) in [4.78, 5) is 26.2. The van der Waals surface area contributed by atoms with Crippen molar-refractivity contribution in [2.24, 2.45) is 0 Å². The molecule has 1 saturated heterocycles. The molecule has 2 aromatic carbocycles. The number of rotatable bonds is 6. The van der Waals surface area contributed by atoms with Crippen molar-refractivity contribution in [3.63, 3.8) is 0 Å². The van der Waals surface area contributed by atoms with Crippen LogP contribution in [-0.2, 0) is 14.3 Å². The van der Waals surface area contributed by atoms with E-state index in [-0.39, 0.29) is 12.5 Å². The first kappa shape index (κ1) is 20.8. The Kier molecular flexibility index (Phi) is 6.53. The Morgan fingerprint density at radius 3 is 2.41 bits per heavy atom. The molecular weight excluding hydrogens is 392 g/mol. The smallest absolute Gasteiger partial charge is 0.326 e. The first-order chi connectivity index (χ1) is 14.0. The quantitative estimate of drug-likeness (QED) is 0.771. The second-order valence-electron chi connectivity index (χ2n) is 6.91. The van der Waals surface area contributed by atoms with Crippen molar-refractivity contribution in [1.82, 2.24) is 4.90 Å². The summed E-state index contributed by atoms with van der Waals surface area (Å²) in [6, 6.07) is 14.4. The van der Waals surface area contributed by atoms with Crippen LogP contribution in [0.15, 0.2) is 48.5 Å². The lowest BCUT2D eigenvalue weighted by molar-refractivity contribution is -0.171. The standard InChI is InChI=1S/C22H21ClN2O4/c1-2-3-18(22(27)28)25-19(26)13-29-21(16-6-4-14(12-24)5-7-16)20(25)15-8-10-17(23)11-9-15/h4-11,18,20-21H,2-3,13H2,1H3,(H,27,28)/t18-,20-,21+/m1/s1. The molecule has 0 aliphatic carbocycles. The summed E-state index contributed by atoms with van der Waals surface area (Å²) < 4.78 is 5.89. The van der Waals surface area contributed by atoms with E-state index in [1.165, 1.54) is 4.90 Å². The number of carboxylic acid groups (broad SMARTS) is 1. The fourth-order valence-corrected chi connectivity index (χ4v) is 3.80. The molecule has 1 fully saturated rings. The Labute approximate surface area is 174 Å². The van der Waals surface area contributed by atoms with Crippen LogP contribution in [0.2, 0.25) is 5.02 Å². The van der Waals surface area contributed by atoms with E-state index in [1.807, 2.05) is 6.92 Å². The zero-order chi connectivity index (χ0) is 21.0. The number of carbonyl (C=O) groups is 2. The normalized spacial score (nSPS) is 20.2. The molecule has 0 bridgehead atoms. The number of nitrogens with zero attached hydrogens (tertiary/aromatic N) is 2. The van der Waals surface area contributed by atoms with Crippen LogP contribution in [0, 0.1) is 11.3 Å². The Morgan fingerprint density at radius 1 is 1.24 bits per heavy atom. The van der Waals surface area contributed by atoms with Gasteiger partial charge in [-0.05, 0) is 41.8 Å². The highest BCUT2D eigenvalue weighted by Crippen LogP contribution is 2.42. The number of nitriles is 1. The van der Waals surface area contributed by atoms with Crippen LogP contribution in [0.4, 0.5) is 0 Å². The number of halogens is 1. The molecule has 0 saturated carbocycles. The van der Waals surface area contributed by atoms with Gasteiger partial charge >= 0.3 is 5.97 Å². The van der Waals surface area contributed by atoms with Gasteiger partial charge in [0.2, 0.25) is 5.91 Å². The average molecular weight is 413 g/mol. The predicted molar refractivity (Wildman–Crippen MR) is 107 cm³/mol. The highest BCUT2D eigenvalue weighted by atomic mass is 35.5. The molecule has 0 aromatic heterocycles. The molecule has 2 aromatic rings. The van der Waals surface area contributed by atoms with Gasteiger partial charge in [0.15, 0.2) is 0 Å². The molecule has 3 atom stereocenters. The van der Waals surface area contributed by atoms with Gasteiger partial charge in [-0.2, -0.15) is 5.26 Å². The molecule has 6 nitrogen and oxygen atoms in total. The largest absolute Gasteiger partial charge is 0.480 e. The Morgan fingerprint density at radius 2 is 1.86 bits per heavy atom. The molecule has 1 aliphatic heterocycles. The maximum Gasteiger partial charge on any atom is 0.326 e. The third-order valence-electron chi connectivity index (χ3n) is 5.02. The van der Waals surface area contributed by atoms with E-state index >= 15 is 0 Å². The monoisotopic (exact) mass is 412 g/mol. The number of hydrogen-bond acceptors (Lipinski definition) is 4. The van der Waals surface area contributed by atoms with Crippen molar-refractivity contribution < 1.29 is 19.4 Å². The van der Waals surface area contributed by atoms with Crippen LogP contribution >= 0.6 is 11.6 Å². The van der Waals surface area contributed by atoms with Crippen molar-refractivity contribution in [2.75, 3.05) is 6.61 Å². The van der Waals surface area contributed by atoms with E-state index in [1.54, 1.807) is 48.5 Å². The minimum atomic E-state index is -1.04. The molecule has 1 N–H and O–H groups in total. The molecular formula is C22H21ClN2O4. The van der Waals surface area contributed by atoms with Crippen molar-refractivity contribution in [2.45, 2.75) is 38.0 Å². The topological polar surface area (TPSA) is 90.6 Å². The van der Waals surface area contributed by atoms with Gasteiger partial charge in [0.25, 0.3) is 0 Å². The SMILES string of the molecule is CCC[C@H](C(=O)O)N1C(=O)CO[C@@H](c2ccc(C#N)cc2)[C@H]1c1ccc(Cl)cc1. The summed E-state index contributed by atoms with van der Waals surface area (Å²) in [5, 5.41) is 19.4. The van der Waals surface area contributed by atoms with Gasteiger partial charge in [-0.15, -0.1) is 0 Å². The predicted octanol–water partition coefficient (Wildman–Crippen LogP) is 4.11. The lowest BCUT2D eigenvalue weighted by atomic mass is 9.90. The van der Waals surface area contributed by atoms with E-state index in [2.05, 4.69) is 6.07 Å². The summed E-state index contributed by atoms with van der Waals surface area (Å²) in [6.07, 6.45) is 0.391. The van der Waals surface area contributed by atoms with Crippen LogP contribution < -0.4 is 0 Å². The van der Waals surface area contributed by atoms with Crippen LogP contribution in [-0.4, -0.2) is 34.5 Å². The molecule has 1 aliphatic rings. The van der Waals surface area contributed by atoms with E-state index in [9.17, 15) is 14.7 Å². The molecule has 0 spiro atoms. The van der Waals surface area contributed by atoms with Crippen LogP contribution in [0.25, 0.3) is 0 Å². The Hall–Kier alpha value is -2.88. The number of carbonyl (C=O) groups excluding carboxylic acids is 1. The van der Waals surface area contributed by atoms with Crippen molar-refractivity contribution in [3.8, 4) is 6.07 Å². The van der Waals surface area contributed by atoms with Gasteiger partial charge in [-0.3, -0.25) is 4.79 Å². The lowest BCUT2D eigenvalue weighted by Crippen LogP contribution is -2.53. The third kappa shape index (κ3) is 4.42. The highest BCUT2D eigenvalue weighted by molar-refractivity contribution is 6.30. The van der Waals surface area contributed by atoms with E-state index in [4.69, 9.17) is 21.6 Å². The lowest BCUT2D eigenvalue weighted by Gasteiger charge is -2.44. The average Bonchev–Trinajstić information content (AvgIpc) is 2.73. The van der Waals surface area contributed by atoms with E-state index < -0.39 is 24.2 Å². The third-order valence-corrected chi connectivity index (χ3v) is 5.28. The molecule has 1 amide bonds. The second-order valence-corrected chi connectivity index (χ2v) is 7.34. The maximum atomic E-state index is 12.8. The van der Waals surface area contributed by atoms with E-state index in [0.717, 1.165) is 11.1 Å². The second kappa shape index (κ2) is 9.08. The Balaban J connectivity index is 2.11. The summed E-state index contributed by atoms with van der Waals surface area (Å²) in [7, 11) is 0. The molecule has 150 valence electrons. The number of aliphatic carboxylic acids is 1. The molecule has 0 radical (unpaired) electrons. The number of amides is 1. The number of benzene rings is 2. The minimum absolute atomic E-state index is 0.206. The molecule has 1 heterocycles. The first-order valence-electron chi connectivity index (χ1n) is 9.37. The fraction of sp³-hybridized carbons (Fsp3) is 0.318. The number of ether oxygens (including phenoxy) is 1. The molecule has 29 heavy (non-hydrogen) atoms. The van der Waals surface area contributed by atoms with Gasteiger partial charge in [0.05, 0.1) is 17.7 Å². The number of hydrogen-bond donors (Lipinski definition) is 1. The number of morpholine rings is 1. The van der Waals surface area contributed by atoms with Gasteiger partial charge in [0, 0.05) is 5.02 Å². The molecule has 7 heteroatoms. The minimum Gasteiger partial charge on any atom is -0.480 e. The molecule has 3 rings (SSSR count). The van der Waals surface area contributed by atoms with E-state index in [0.29, 0.717) is 23.4 Å². The fourth-order valence-electron chi connectivity index (χ4n) is 3.67. The summed E-state index contributed by atoms with van der Waals surface area (Å²) in [5.74, 6) is -1.41. The van der Waals surface area contributed by atoms with Crippen molar-refractivity contribution in [3.05, 3.63) is 70.2 Å². The summed E-state index contributed by atoms with van der Waals surface area (Å²) in [6.45, 7) is 1.68. The van der Waals surface area contributed by atoms with Gasteiger partial charge in [0.1, 0.15) is 18.8 Å². The van der Waals surface area contributed by atoms with Crippen LogP contribution in [0.1, 0.15) is 48.6 Å². The van der Waals surface area contributed by atoms with Gasteiger partial charge in [-0.25, -0.2) is 4.79 Å². The number of carboxylic acids is 1. The zero-order valence-corrected chi connectivity index (χ0v) is 16.7. The summed E-state index contributed by atoms with van der Waals surface area (Å²) >= 11 is 6.03. The van der Waals surface area contributed by atoms with Crippen molar-refractivity contribution in [1.29, 1.82) is 5.26 Å². The van der Waals surface area contributed by atoms with Gasteiger partial charge < -0.3 is 14.7 Å². The van der Waals surface area contributed by atoms with Gasteiger partial charge in [-0.1, -0.05) is 49.2 Å². The summed E-state index contributed by atoms with van der Waals surface area (Å²) in [5.41, 5.74) is 2.01. The zero-order valence-electron chi connectivity index (χ0n) is 15.9. The van der Waals surface area contributed by atoms with Crippen LogP contribution in [0.3, 0.4) is 0 Å². The Bertz CT molecular complexity index is 921. The first-order valence-corrected chi connectivity index (χ1v) is 9.75. The molecule has 0 unspecified atom stereocenters.